The number of benzene rings is 2. The molecule has 3 nitrogen and oxygen atoms in total. The first-order valence-corrected chi connectivity index (χ1v) is 7.36. The highest BCUT2D eigenvalue weighted by Gasteiger charge is 2.17. The summed E-state index contributed by atoms with van der Waals surface area (Å²) in [5.74, 6) is -4.59. The molecule has 0 unspecified atom stereocenters. The van der Waals surface area contributed by atoms with Crippen molar-refractivity contribution < 1.29 is 22.7 Å². The molecule has 0 bridgehead atoms. The molecule has 0 aliphatic rings. The number of halogens is 3. The predicted octanol–water partition coefficient (Wildman–Crippen LogP) is 4.54. The van der Waals surface area contributed by atoms with Crippen molar-refractivity contribution in [3.05, 3.63) is 64.5 Å². The normalized spacial score (nSPS) is 10.3. The summed E-state index contributed by atoms with van der Waals surface area (Å²) in [4.78, 5) is 12.0. The van der Waals surface area contributed by atoms with Crippen molar-refractivity contribution >= 4 is 5.97 Å². The van der Waals surface area contributed by atoms with E-state index in [-0.39, 0.29) is 5.56 Å². The van der Waals surface area contributed by atoms with Crippen molar-refractivity contribution in [1.29, 1.82) is 5.26 Å². The Morgan fingerprint density at radius 3 is 2.33 bits per heavy atom. The first-order valence-electron chi connectivity index (χ1n) is 7.36. The molecule has 0 aliphatic heterocycles. The molecule has 2 aromatic rings. The van der Waals surface area contributed by atoms with E-state index >= 15 is 0 Å². The van der Waals surface area contributed by atoms with Crippen molar-refractivity contribution in [2.45, 2.75) is 26.2 Å². The van der Waals surface area contributed by atoms with Gasteiger partial charge in [0, 0.05) is 12.1 Å². The highest BCUT2D eigenvalue weighted by Crippen LogP contribution is 2.22. The van der Waals surface area contributed by atoms with Crippen LogP contribution >= 0.6 is 0 Å². The molecule has 0 amide bonds. The number of aryl methyl sites for hydroxylation is 1. The van der Waals surface area contributed by atoms with Crippen molar-refractivity contribution in [1.82, 2.24) is 0 Å². The van der Waals surface area contributed by atoms with Crippen molar-refractivity contribution in [2.24, 2.45) is 0 Å². The third-order valence-corrected chi connectivity index (χ3v) is 3.41. The largest absolute Gasteiger partial charge is 0.423 e. The van der Waals surface area contributed by atoms with Crippen LogP contribution < -0.4 is 4.74 Å². The van der Waals surface area contributed by atoms with Gasteiger partial charge >= 0.3 is 5.97 Å². The van der Waals surface area contributed by atoms with E-state index in [2.05, 4.69) is 0 Å². The lowest BCUT2D eigenvalue weighted by Crippen LogP contribution is -2.11. The standard InChI is InChI=1S/C18H14F3NO2/c1-2-3-4-11-5-6-13(15(19)7-11)18(23)24-12-8-16(20)14(10-22)17(21)9-12/h5-9H,2-4H2,1H3. The number of carbonyl (C=O) groups excluding carboxylic acids is 1. The van der Waals surface area contributed by atoms with Gasteiger partial charge in [0.05, 0.1) is 5.56 Å². The Morgan fingerprint density at radius 1 is 1.12 bits per heavy atom. The molecular formula is C18H14F3NO2. The second kappa shape index (κ2) is 7.64. The van der Waals surface area contributed by atoms with Crippen LogP contribution in [0.25, 0.3) is 0 Å². The molecule has 0 aromatic heterocycles. The van der Waals surface area contributed by atoms with E-state index in [1.807, 2.05) is 6.92 Å². The fourth-order valence-corrected chi connectivity index (χ4v) is 2.14. The highest BCUT2D eigenvalue weighted by molar-refractivity contribution is 5.91. The molecule has 24 heavy (non-hydrogen) atoms. The molecule has 2 rings (SSSR count). The lowest BCUT2D eigenvalue weighted by atomic mass is 10.1. The van der Waals surface area contributed by atoms with Crippen LogP contribution in [-0.4, -0.2) is 5.97 Å². The fraction of sp³-hybridized carbons (Fsp3) is 0.222. The average molecular weight is 333 g/mol. The minimum Gasteiger partial charge on any atom is -0.423 e. The van der Waals surface area contributed by atoms with Gasteiger partial charge in [0.15, 0.2) is 0 Å². The number of rotatable bonds is 5. The molecule has 124 valence electrons. The third-order valence-electron chi connectivity index (χ3n) is 3.41. The van der Waals surface area contributed by atoms with Gasteiger partial charge in [-0.05, 0) is 30.5 Å². The lowest BCUT2D eigenvalue weighted by Gasteiger charge is -2.08. The highest BCUT2D eigenvalue weighted by atomic mass is 19.1. The van der Waals surface area contributed by atoms with Crippen molar-refractivity contribution in [2.75, 3.05) is 0 Å². The van der Waals surface area contributed by atoms with Crippen LogP contribution in [0.4, 0.5) is 13.2 Å². The van der Waals surface area contributed by atoms with Crippen molar-refractivity contribution in [3.63, 3.8) is 0 Å². The summed E-state index contributed by atoms with van der Waals surface area (Å²) >= 11 is 0. The lowest BCUT2D eigenvalue weighted by molar-refractivity contribution is 0.0729. The number of hydrogen-bond donors (Lipinski definition) is 0. The first-order chi connectivity index (χ1) is 11.5. The summed E-state index contributed by atoms with van der Waals surface area (Å²) in [6.07, 6.45) is 2.54. The summed E-state index contributed by atoms with van der Waals surface area (Å²) in [6, 6.07) is 6.89. The molecule has 0 atom stereocenters. The number of nitrogens with zero attached hydrogens (tertiary/aromatic N) is 1. The Kier molecular flexibility index (Phi) is 5.59. The molecule has 0 fully saturated rings. The molecule has 0 aliphatic carbocycles. The van der Waals surface area contributed by atoms with Crippen LogP contribution in [0.3, 0.4) is 0 Å². The SMILES string of the molecule is CCCCc1ccc(C(=O)Oc2cc(F)c(C#N)c(F)c2)c(F)c1. The van der Waals surface area contributed by atoms with Crippen LogP contribution in [0, 0.1) is 28.8 Å². The maximum Gasteiger partial charge on any atom is 0.346 e. The van der Waals surface area contributed by atoms with Gasteiger partial charge < -0.3 is 4.74 Å². The molecule has 0 saturated carbocycles. The summed E-state index contributed by atoms with van der Waals surface area (Å²) in [7, 11) is 0. The summed E-state index contributed by atoms with van der Waals surface area (Å²) in [5.41, 5.74) is -0.358. The minimum absolute atomic E-state index is 0.333. The summed E-state index contributed by atoms with van der Waals surface area (Å²) in [6.45, 7) is 2.01. The Hall–Kier alpha value is -2.81. The molecule has 2 aromatic carbocycles. The Balaban J connectivity index is 2.20. The zero-order valence-corrected chi connectivity index (χ0v) is 12.9. The summed E-state index contributed by atoms with van der Waals surface area (Å²) < 4.78 is 45.8. The van der Waals surface area contributed by atoms with Crippen LogP contribution in [0.5, 0.6) is 5.75 Å². The Morgan fingerprint density at radius 2 is 1.79 bits per heavy atom. The average Bonchev–Trinajstić information content (AvgIpc) is 2.52. The molecule has 0 spiro atoms. The van der Waals surface area contributed by atoms with Crippen LogP contribution in [0.15, 0.2) is 30.3 Å². The number of nitriles is 1. The van der Waals surface area contributed by atoms with E-state index in [1.54, 1.807) is 6.07 Å². The molecule has 0 saturated heterocycles. The number of unbranched alkanes of at least 4 members (excludes halogenated alkanes) is 1. The fourth-order valence-electron chi connectivity index (χ4n) is 2.14. The Labute approximate surface area is 137 Å². The van der Waals surface area contributed by atoms with E-state index < -0.39 is 34.7 Å². The number of carbonyl (C=O) groups is 1. The zero-order valence-electron chi connectivity index (χ0n) is 12.9. The van der Waals surface area contributed by atoms with E-state index in [1.165, 1.54) is 18.2 Å². The second-order valence-corrected chi connectivity index (χ2v) is 5.18. The van der Waals surface area contributed by atoms with Gasteiger partial charge in [-0.2, -0.15) is 5.26 Å². The Bertz CT molecular complexity index is 789. The monoisotopic (exact) mass is 333 g/mol. The number of esters is 1. The maximum absolute atomic E-state index is 14.0. The van der Waals surface area contributed by atoms with Gasteiger partial charge in [-0.15, -0.1) is 0 Å². The van der Waals surface area contributed by atoms with Gasteiger partial charge in [-0.3, -0.25) is 0 Å². The minimum atomic E-state index is -1.16. The van der Waals surface area contributed by atoms with Crippen LogP contribution in [0.2, 0.25) is 0 Å². The molecule has 0 heterocycles. The van der Waals surface area contributed by atoms with Gasteiger partial charge in [0.1, 0.15) is 34.8 Å². The number of hydrogen-bond acceptors (Lipinski definition) is 3. The van der Waals surface area contributed by atoms with E-state index in [0.29, 0.717) is 18.6 Å². The molecule has 0 radical (unpaired) electrons. The van der Waals surface area contributed by atoms with Crippen LogP contribution in [0.1, 0.15) is 41.3 Å². The third kappa shape index (κ3) is 3.93. The first kappa shape index (κ1) is 17.5. The second-order valence-electron chi connectivity index (χ2n) is 5.18. The predicted molar refractivity (Wildman–Crippen MR) is 81.0 cm³/mol. The van der Waals surface area contributed by atoms with E-state index in [4.69, 9.17) is 10.00 Å². The van der Waals surface area contributed by atoms with Gasteiger partial charge in [0.25, 0.3) is 0 Å². The van der Waals surface area contributed by atoms with E-state index in [0.717, 1.165) is 18.4 Å². The molecular weight excluding hydrogens is 319 g/mol. The summed E-state index contributed by atoms with van der Waals surface area (Å²) in [5, 5.41) is 8.59. The quantitative estimate of drug-likeness (QED) is 0.596. The maximum atomic E-state index is 14.0. The molecule has 6 heteroatoms. The van der Waals surface area contributed by atoms with Crippen molar-refractivity contribution in [3.8, 4) is 11.8 Å². The van der Waals surface area contributed by atoms with Gasteiger partial charge in [-0.1, -0.05) is 19.4 Å². The topological polar surface area (TPSA) is 50.1 Å². The number of ether oxygens (including phenoxy) is 1. The van der Waals surface area contributed by atoms with E-state index in [9.17, 15) is 18.0 Å². The van der Waals surface area contributed by atoms with Gasteiger partial charge in [-0.25, -0.2) is 18.0 Å². The molecule has 0 N–H and O–H groups in total. The van der Waals surface area contributed by atoms with Gasteiger partial charge in [0.2, 0.25) is 0 Å². The van der Waals surface area contributed by atoms with Crippen LogP contribution in [-0.2, 0) is 6.42 Å². The zero-order chi connectivity index (χ0) is 17.7. The smallest absolute Gasteiger partial charge is 0.346 e.